The van der Waals surface area contributed by atoms with Crippen molar-refractivity contribution in [3.63, 3.8) is 0 Å². The summed E-state index contributed by atoms with van der Waals surface area (Å²) in [6.07, 6.45) is 2.17. The Hall–Kier alpha value is -3.39. The number of amides is 2. The maximum atomic E-state index is 12.6. The first-order chi connectivity index (χ1) is 14.4. The summed E-state index contributed by atoms with van der Waals surface area (Å²) in [5.74, 6) is 0.0333. The largest absolute Gasteiger partial charge is 0.482 e. The van der Waals surface area contributed by atoms with Crippen LogP contribution in [0.15, 0.2) is 42.5 Å². The standard InChI is InChI=1S/C20H21N3O3.C2H4O2/c24-19-12-26-18-10-16(4-5-17(18)23-19)22-20(25)15-3-1-2-13(9-15)8-14-6-7-21-11-14;1-2(3)4/h1-5,9-10,14,21H,6-8,11-12H2,(H,22,25)(H,23,24);1H3,(H,3,4). The van der Waals surface area contributed by atoms with Gasteiger partial charge in [-0.25, -0.2) is 0 Å². The number of carbonyl (C=O) groups excluding carboxylic acids is 2. The van der Waals surface area contributed by atoms with Gasteiger partial charge in [0.25, 0.3) is 17.8 Å². The molecule has 0 aliphatic carbocycles. The lowest BCUT2D eigenvalue weighted by atomic mass is 9.97. The lowest BCUT2D eigenvalue weighted by Gasteiger charge is -2.18. The first kappa shape index (κ1) is 21.3. The number of fused-ring (bicyclic) bond motifs is 1. The van der Waals surface area contributed by atoms with Crippen LogP contribution in [0.2, 0.25) is 0 Å². The third kappa shape index (κ3) is 6.05. The molecule has 158 valence electrons. The zero-order chi connectivity index (χ0) is 21.5. The number of carboxylic acids is 1. The number of benzene rings is 2. The minimum Gasteiger partial charge on any atom is -0.482 e. The number of carboxylic acid groups (broad SMARTS) is 1. The van der Waals surface area contributed by atoms with E-state index in [1.165, 1.54) is 12.0 Å². The molecule has 1 fully saturated rings. The quantitative estimate of drug-likeness (QED) is 0.614. The molecule has 1 atom stereocenters. The zero-order valence-electron chi connectivity index (χ0n) is 16.7. The summed E-state index contributed by atoms with van der Waals surface area (Å²) in [5.41, 5.74) is 3.07. The summed E-state index contributed by atoms with van der Waals surface area (Å²) in [5, 5.41) is 16.4. The van der Waals surface area contributed by atoms with Gasteiger partial charge in [0.2, 0.25) is 0 Å². The molecule has 2 aliphatic rings. The molecular weight excluding hydrogens is 386 g/mol. The average Bonchev–Trinajstić information content (AvgIpc) is 3.21. The van der Waals surface area contributed by atoms with Crippen LogP contribution in [-0.2, 0) is 16.0 Å². The fourth-order valence-corrected chi connectivity index (χ4v) is 3.42. The molecular formula is C22H25N3O5. The van der Waals surface area contributed by atoms with Crippen molar-refractivity contribution in [1.29, 1.82) is 0 Å². The van der Waals surface area contributed by atoms with Crippen molar-refractivity contribution < 1.29 is 24.2 Å². The SMILES string of the molecule is CC(=O)O.O=C1COc2cc(NC(=O)c3cccc(CC4CCNC4)c3)ccc2N1. The highest BCUT2D eigenvalue weighted by Gasteiger charge is 2.18. The van der Waals surface area contributed by atoms with Crippen LogP contribution in [0.4, 0.5) is 11.4 Å². The fraction of sp³-hybridized carbons (Fsp3) is 0.318. The summed E-state index contributed by atoms with van der Waals surface area (Å²) in [4.78, 5) is 32.9. The van der Waals surface area contributed by atoms with Crippen LogP contribution in [0.5, 0.6) is 5.75 Å². The molecule has 1 saturated heterocycles. The van der Waals surface area contributed by atoms with Crippen LogP contribution in [0.3, 0.4) is 0 Å². The van der Waals surface area contributed by atoms with Gasteiger partial charge in [0.05, 0.1) is 5.69 Å². The van der Waals surface area contributed by atoms with Gasteiger partial charge in [0, 0.05) is 24.2 Å². The molecule has 2 heterocycles. The van der Waals surface area contributed by atoms with Gasteiger partial charge in [-0.15, -0.1) is 0 Å². The Morgan fingerprint density at radius 1 is 1.23 bits per heavy atom. The third-order valence-corrected chi connectivity index (χ3v) is 4.75. The highest BCUT2D eigenvalue weighted by Crippen LogP contribution is 2.30. The molecule has 0 aromatic heterocycles. The smallest absolute Gasteiger partial charge is 0.300 e. The minimum absolute atomic E-state index is 0.0114. The molecule has 2 aliphatic heterocycles. The number of hydrogen-bond acceptors (Lipinski definition) is 5. The number of ether oxygens (including phenoxy) is 1. The van der Waals surface area contributed by atoms with Crippen molar-refractivity contribution in [2.75, 3.05) is 30.3 Å². The summed E-state index contributed by atoms with van der Waals surface area (Å²) >= 11 is 0. The lowest BCUT2D eigenvalue weighted by Crippen LogP contribution is -2.25. The van der Waals surface area contributed by atoms with Crippen molar-refractivity contribution in [3.05, 3.63) is 53.6 Å². The Bertz CT molecular complexity index is 934. The summed E-state index contributed by atoms with van der Waals surface area (Å²) < 4.78 is 5.39. The molecule has 30 heavy (non-hydrogen) atoms. The first-order valence-corrected chi connectivity index (χ1v) is 9.78. The van der Waals surface area contributed by atoms with Crippen molar-refractivity contribution >= 4 is 29.2 Å². The summed E-state index contributed by atoms with van der Waals surface area (Å²) in [6.45, 7) is 3.19. The van der Waals surface area contributed by atoms with E-state index >= 15 is 0 Å². The van der Waals surface area contributed by atoms with Crippen molar-refractivity contribution in [2.45, 2.75) is 19.8 Å². The van der Waals surface area contributed by atoms with Crippen molar-refractivity contribution in [3.8, 4) is 5.75 Å². The second-order valence-electron chi connectivity index (χ2n) is 7.28. The normalized spacial score (nSPS) is 17.0. The van der Waals surface area contributed by atoms with E-state index < -0.39 is 5.97 Å². The average molecular weight is 411 g/mol. The van der Waals surface area contributed by atoms with Crippen LogP contribution in [-0.4, -0.2) is 42.6 Å². The van der Waals surface area contributed by atoms with Gasteiger partial charge in [-0.1, -0.05) is 12.1 Å². The van der Waals surface area contributed by atoms with E-state index in [1.807, 2.05) is 18.2 Å². The molecule has 0 bridgehead atoms. The molecule has 0 spiro atoms. The zero-order valence-corrected chi connectivity index (χ0v) is 16.7. The number of hydrogen-bond donors (Lipinski definition) is 4. The van der Waals surface area contributed by atoms with Crippen LogP contribution in [0, 0.1) is 5.92 Å². The lowest BCUT2D eigenvalue weighted by molar-refractivity contribution is -0.134. The van der Waals surface area contributed by atoms with Gasteiger partial charge in [0.15, 0.2) is 6.61 Å². The summed E-state index contributed by atoms with van der Waals surface area (Å²) in [6, 6.07) is 13.0. The highest BCUT2D eigenvalue weighted by molar-refractivity contribution is 6.05. The second kappa shape index (κ2) is 9.89. The number of carbonyl (C=O) groups is 3. The van der Waals surface area contributed by atoms with Gasteiger partial charge in [-0.2, -0.15) is 0 Å². The van der Waals surface area contributed by atoms with Crippen LogP contribution in [0.1, 0.15) is 29.3 Å². The molecule has 8 heteroatoms. The number of rotatable bonds is 4. The molecule has 4 N–H and O–H groups in total. The monoisotopic (exact) mass is 411 g/mol. The van der Waals surface area contributed by atoms with E-state index in [4.69, 9.17) is 14.6 Å². The van der Waals surface area contributed by atoms with E-state index in [0.29, 0.717) is 28.6 Å². The first-order valence-electron chi connectivity index (χ1n) is 9.78. The van der Waals surface area contributed by atoms with Gasteiger partial charge in [-0.05, 0) is 61.7 Å². The Morgan fingerprint density at radius 3 is 2.77 bits per heavy atom. The molecule has 2 aromatic rings. The topological polar surface area (TPSA) is 117 Å². The molecule has 1 unspecified atom stereocenters. The molecule has 0 radical (unpaired) electrons. The van der Waals surface area contributed by atoms with E-state index in [2.05, 4.69) is 22.0 Å². The maximum Gasteiger partial charge on any atom is 0.300 e. The molecule has 2 amide bonds. The Balaban J connectivity index is 0.000000589. The molecule has 0 saturated carbocycles. The number of nitrogens with one attached hydrogen (secondary N) is 3. The number of aliphatic carboxylic acids is 1. The Kier molecular flexibility index (Phi) is 7.03. The van der Waals surface area contributed by atoms with Gasteiger partial charge >= 0.3 is 0 Å². The van der Waals surface area contributed by atoms with Crippen LogP contribution < -0.4 is 20.7 Å². The predicted molar refractivity (Wildman–Crippen MR) is 113 cm³/mol. The molecule has 4 rings (SSSR count). The Morgan fingerprint density at radius 2 is 2.03 bits per heavy atom. The Labute approximate surface area is 174 Å². The minimum atomic E-state index is -0.833. The third-order valence-electron chi connectivity index (χ3n) is 4.75. The van der Waals surface area contributed by atoms with Gasteiger partial charge < -0.3 is 25.8 Å². The predicted octanol–water partition coefficient (Wildman–Crippen LogP) is 2.51. The number of anilines is 2. The second-order valence-corrected chi connectivity index (χ2v) is 7.28. The molecule has 2 aromatic carbocycles. The van der Waals surface area contributed by atoms with Crippen molar-refractivity contribution in [2.24, 2.45) is 5.92 Å². The van der Waals surface area contributed by atoms with Gasteiger partial charge in [-0.3, -0.25) is 14.4 Å². The van der Waals surface area contributed by atoms with Gasteiger partial charge in [0.1, 0.15) is 5.75 Å². The fourth-order valence-electron chi connectivity index (χ4n) is 3.42. The van der Waals surface area contributed by atoms with E-state index in [0.717, 1.165) is 26.4 Å². The van der Waals surface area contributed by atoms with Crippen LogP contribution >= 0.6 is 0 Å². The maximum absolute atomic E-state index is 12.6. The van der Waals surface area contributed by atoms with E-state index in [1.54, 1.807) is 18.2 Å². The van der Waals surface area contributed by atoms with E-state index in [9.17, 15) is 9.59 Å². The van der Waals surface area contributed by atoms with Crippen molar-refractivity contribution in [1.82, 2.24) is 5.32 Å². The van der Waals surface area contributed by atoms with E-state index in [-0.39, 0.29) is 18.4 Å². The summed E-state index contributed by atoms with van der Waals surface area (Å²) in [7, 11) is 0. The molecule has 8 nitrogen and oxygen atoms in total. The van der Waals surface area contributed by atoms with Crippen LogP contribution in [0.25, 0.3) is 0 Å². The highest BCUT2D eigenvalue weighted by atomic mass is 16.5.